The molecule has 0 aliphatic heterocycles. The molecular formula is C27H28N2O5. The second-order valence-corrected chi connectivity index (χ2v) is 7.59. The first kappa shape index (κ1) is 24.5. The van der Waals surface area contributed by atoms with Crippen LogP contribution < -0.4 is 19.6 Å². The number of amides is 1. The van der Waals surface area contributed by atoms with Crippen LogP contribution in [0.15, 0.2) is 71.8 Å². The minimum absolute atomic E-state index is 0.275. The van der Waals surface area contributed by atoms with Gasteiger partial charge in [0.2, 0.25) is 0 Å². The van der Waals surface area contributed by atoms with Crippen molar-refractivity contribution >= 4 is 18.1 Å². The molecule has 0 unspecified atom stereocenters. The van der Waals surface area contributed by atoms with Crippen LogP contribution in [-0.2, 0) is 0 Å². The molecule has 0 atom stereocenters. The van der Waals surface area contributed by atoms with E-state index in [0.717, 1.165) is 18.4 Å². The Balaban J connectivity index is 1.61. The number of hydrogen-bond acceptors (Lipinski definition) is 6. The average Bonchev–Trinajstić information content (AvgIpc) is 2.85. The minimum Gasteiger partial charge on any atom is -0.494 e. The number of hydrazone groups is 1. The molecular weight excluding hydrogens is 432 g/mol. The molecule has 7 nitrogen and oxygen atoms in total. The van der Waals surface area contributed by atoms with Crippen molar-refractivity contribution < 1.29 is 23.8 Å². The average molecular weight is 461 g/mol. The van der Waals surface area contributed by atoms with Crippen LogP contribution in [0.2, 0.25) is 0 Å². The highest BCUT2D eigenvalue weighted by molar-refractivity contribution is 5.95. The monoisotopic (exact) mass is 460 g/mol. The van der Waals surface area contributed by atoms with Crippen molar-refractivity contribution in [2.24, 2.45) is 5.10 Å². The van der Waals surface area contributed by atoms with Crippen LogP contribution in [0.5, 0.6) is 17.2 Å². The van der Waals surface area contributed by atoms with Crippen LogP contribution in [0.4, 0.5) is 0 Å². The van der Waals surface area contributed by atoms with Crippen LogP contribution in [0.1, 0.15) is 51.6 Å². The second kappa shape index (κ2) is 12.2. The van der Waals surface area contributed by atoms with Gasteiger partial charge in [0, 0.05) is 5.56 Å². The van der Waals surface area contributed by atoms with Crippen molar-refractivity contribution in [3.05, 3.63) is 89.0 Å². The van der Waals surface area contributed by atoms with E-state index in [9.17, 15) is 9.59 Å². The standard InChI is InChI=1S/C27H28N2O5/c1-4-5-15-33-23-12-10-21(11-13-23)27(31)34-24-14-9-20(17-25(24)32-3)18-28-29-26(30)22-8-6-7-19(2)16-22/h6-14,16-18H,4-5,15H2,1-3H3,(H,29,30). The SMILES string of the molecule is CCCCOc1ccc(C(=O)Oc2ccc(C=NNC(=O)c3cccc(C)c3)cc2OC)cc1. The zero-order valence-corrected chi connectivity index (χ0v) is 19.5. The molecule has 3 rings (SSSR count). The molecule has 0 saturated heterocycles. The van der Waals surface area contributed by atoms with Gasteiger partial charge >= 0.3 is 5.97 Å². The maximum absolute atomic E-state index is 12.6. The van der Waals surface area contributed by atoms with Gasteiger partial charge in [0.25, 0.3) is 5.91 Å². The third-order valence-corrected chi connectivity index (χ3v) is 4.91. The number of methoxy groups -OCH3 is 1. The number of carbonyl (C=O) groups is 2. The molecule has 0 aromatic heterocycles. The predicted octanol–water partition coefficient (Wildman–Crippen LogP) is 5.17. The number of rotatable bonds is 10. The lowest BCUT2D eigenvalue weighted by Crippen LogP contribution is -2.17. The maximum Gasteiger partial charge on any atom is 0.343 e. The quantitative estimate of drug-likeness (QED) is 0.148. The number of nitrogens with one attached hydrogen (secondary N) is 1. The van der Waals surface area contributed by atoms with E-state index in [-0.39, 0.29) is 11.7 Å². The summed E-state index contributed by atoms with van der Waals surface area (Å²) >= 11 is 0. The molecule has 0 saturated carbocycles. The van der Waals surface area contributed by atoms with E-state index < -0.39 is 5.97 Å². The first-order valence-corrected chi connectivity index (χ1v) is 11.0. The van der Waals surface area contributed by atoms with Crippen LogP contribution in [-0.4, -0.2) is 31.8 Å². The second-order valence-electron chi connectivity index (χ2n) is 7.59. The number of hydrogen-bond donors (Lipinski definition) is 1. The Morgan fingerprint density at radius 1 is 0.971 bits per heavy atom. The zero-order valence-electron chi connectivity index (χ0n) is 19.5. The van der Waals surface area contributed by atoms with Crippen molar-refractivity contribution in [1.82, 2.24) is 5.43 Å². The highest BCUT2D eigenvalue weighted by Gasteiger charge is 2.13. The van der Waals surface area contributed by atoms with Crippen LogP contribution in [0, 0.1) is 6.92 Å². The Labute approximate surface area is 199 Å². The van der Waals surface area contributed by atoms with Gasteiger partial charge in [0.1, 0.15) is 5.75 Å². The van der Waals surface area contributed by atoms with E-state index in [1.165, 1.54) is 13.3 Å². The van der Waals surface area contributed by atoms with Crippen molar-refractivity contribution in [3.63, 3.8) is 0 Å². The molecule has 0 aliphatic rings. The molecule has 1 N–H and O–H groups in total. The van der Waals surface area contributed by atoms with Gasteiger partial charge in [-0.25, -0.2) is 10.2 Å². The lowest BCUT2D eigenvalue weighted by Gasteiger charge is -2.10. The van der Waals surface area contributed by atoms with E-state index in [1.807, 2.05) is 19.1 Å². The molecule has 3 aromatic carbocycles. The van der Waals surface area contributed by atoms with Gasteiger partial charge < -0.3 is 14.2 Å². The fourth-order valence-corrected chi connectivity index (χ4v) is 3.05. The summed E-state index contributed by atoms with van der Waals surface area (Å²) in [5.41, 5.74) is 5.07. The Kier molecular flexibility index (Phi) is 8.80. The van der Waals surface area contributed by atoms with Crippen molar-refractivity contribution in [1.29, 1.82) is 0 Å². The molecule has 0 spiro atoms. The molecule has 176 valence electrons. The van der Waals surface area contributed by atoms with Crippen LogP contribution in [0.3, 0.4) is 0 Å². The summed E-state index contributed by atoms with van der Waals surface area (Å²) in [7, 11) is 1.48. The highest BCUT2D eigenvalue weighted by atomic mass is 16.6. The smallest absolute Gasteiger partial charge is 0.343 e. The third kappa shape index (κ3) is 6.93. The Morgan fingerprint density at radius 3 is 2.47 bits per heavy atom. The number of unbranched alkanes of at least 4 members (excludes halogenated alkanes) is 1. The van der Waals surface area contributed by atoms with Gasteiger partial charge in [0.15, 0.2) is 11.5 Å². The third-order valence-electron chi connectivity index (χ3n) is 4.91. The largest absolute Gasteiger partial charge is 0.494 e. The van der Waals surface area contributed by atoms with Crippen LogP contribution >= 0.6 is 0 Å². The summed E-state index contributed by atoms with van der Waals surface area (Å²) in [4.78, 5) is 24.7. The fraction of sp³-hybridized carbons (Fsp3) is 0.222. The van der Waals surface area contributed by atoms with Crippen molar-refractivity contribution in [3.8, 4) is 17.2 Å². The number of nitrogens with zero attached hydrogens (tertiary/aromatic N) is 1. The van der Waals surface area contributed by atoms with E-state index in [2.05, 4.69) is 17.5 Å². The van der Waals surface area contributed by atoms with Gasteiger partial charge in [-0.2, -0.15) is 5.10 Å². The number of aryl methyl sites for hydroxylation is 1. The fourth-order valence-electron chi connectivity index (χ4n) is 3.05. The lowest BCUT2D eigenvalue weighted by molar-refractivity contribution is 0.0729. The van der Waals surface area contributed by atoms with Gasteiger partial charge in [0.05, 0.1) is 25.5 Å². The number of benzene rings is 3. The summed E-state index contributed by atoms with van der Waals surface area (Å²) in [6.07, 6.45) is 3.52. The predicted molar refractivity (Wildman–Crippen MR) is 131 cm³/mol. The molecule has 3 aromatic rings. The van der Waals surface area contributed by atoms with E-state index >= 15 is 0 Å². The lowest BCUT2D eigenvalue weighted by atomic mass is 10.1. The molecule has 0 bridgehead atoms. The highest BCUT2D eigenvalue weighted by Crippen LogP contribution is 2.28. The summed E-state index contributed by atoms with van der Waals surface area (Å²) in [5, 5.41) is 4.00. The first-order valence-electron chi connectivity index (χ1n) is 11.0. The van der Waals surface area contributed by atoms with E-state index in [0.29, 0.717) is 34.8 Å². The molecule has 0 radical (unpaired) electrons. The number of carbonyl (C=O) groups excluding carboxylic acids is 2. The van der Waals surface area contributed by atoms with Crippen molar-refractivity contribution in [2.45, 2.75) is 26.7 Å². The van der Waals surface area contributed by atoms with E-state index in [4.69, 9.17) is 14.2 Å². The summed E-state index contributed by atoms with van der Waals surface area (Å²) < 4.78 is 16.5. The summed E-state index contributed by atoms with van der Waals surface area (Å²) in [6.45, 7) is 4.65. The van der Waals surface area contributed by atoms with E-state index in [1.54, 1.807) is 54.6 Å². The van der Waals surface area contributed by atoms with Crippen LogP contribution in [0.25, 0.3) is 0 Å². The summed E-state index contributed by atoms with van der Waals surface area (Å²) in [5.74, 6) is 0.531. The molecule has 0 aliphatic carbocycles. The van der Waals surface area contributed by atoms with Gasteiger partial charge in [-0.3, -0.25) is 4.79 Å². The molecule has 0 heterocycles. The van der Waals surface area contributed by atoms with Gasteiger partial charge in [-0.15, -0.1) is 0 Å². The Bertz CT molecular complexity index is 1160. The first-order chi connectivity index (χ1) is 16.5. The summed E-state index contributed by atoms with van der Waals surface area (Å²) in [6, 6.07) is 19.0. The Morgan fingerprint density at radius 2 is 1.76 bits per heavy atom. The topological polar surface area (TPSA) is 86.2 Å². The van der Waals surface area contributed by atoms with Gasteiger partial charge in [-0.1, -0.05) is 31.0 Å². The minimum atomic E-state index is -0.509. The molecule has 7 heteroatoms. The number of esters is 1. The molecule has 1 amide bonds. The normalized spacial score (nSPS) is 10.7. The van der Waals surface area contributed by atoms with Crippen molar-refractivity contribution in [2.75, 3.05) is 13.7 Å². The number of ether oxygens (including phenoxy) is 3. The zero-order chi connectivity index (χ0) is 24.3. The molecule has 0 fully saturated rings. The maximum atomic E-state index is 12.6. The Hall–Kier alpha value is -4.13. The van der Waals surface area contributed by atoms with Gasteiger partial charge in [-0.05, 0) is 73.5 Å². The molecule has 34 heavy (non-hydrogen) atoms.